The second-order valence-electron chi connectivity index (χ2n) is 7.00. The maximum Gasteiger partial charge on any atom is 0.233 e. The maximum atomic E-state index is 12.7. The number of hydrogen-bond donors (Lipinski definition) is 1. The lowest BCUT2D eigenvalue weighted by atomic mass is 9.81. The highest BCUT2D eigenvalue weighted by molar-refractivity contribution is 9.12. The van der Waals surface area contributed by atoms with Gasteiger partial charge in [0.15, 0.2) is 0 Å². The number of hydrogen-bond acceptors (Lipinski definition) is 3. The second-order valence-corrected chi connectivity index (χ2v) is 9.11. The number of nitrogens with zero attached hydrogens (tertiary/aromatic N) is 1. The Morgan fingerprint density at radius 2 is 1.60 bits per heavy atom. The molecule has 0 aromatic heterocycles. The van der Waals surface area contributed by atoms with Gasteiger partial charge < -0.3 is 5.32 Å². The molecule has 7 heteroatoms. The van der Waals surface area contributed by atoms with Crippen LogP contribution in [0.1, 0.15) is 12.8 Å². The molecule has 2 bridgehead atoms. The summed E-state index contributed by atoms with van der Waals surface area (Å²) in [6.07, 6.45) is 1.04. The molecular formula is C18H18Br2N2O3. The lowest BCUT2D eigenvalue weighted by Crippen LogP contribution is -2.37. The second kappa shape index (κ2) is 6.50. The highest BCUT2D eigenvalue weighted by Gasteiger charge is 2.66. The molecule has 4 rings (SSSR count). The highest BCUT2D eigenvalue weighted by atomic mass is 79.9. The largest absolute Gasteiger partial charge is 0.326 e. The number of likely N-dealkylation sites (tertiary alicyclic amines) is 1. The van der Waals surface area contributed by atoms with Gasteiger partial charge in [0.1, 0.15) is 0 Å². The van der Waals surface area contributed by atoms with Crippen molar-refractivity contribution in [3.05, 3.63) is 30.3 Å². The topological polar surface area (TPSA) is 66.5 Å². The van der Waals surface area contributed by atoms with E-state index in [-0.39, 0.29) is 64.0 Å². The summed E-state index contributed by atoms with van der Waals surface area (Å²) in [5, 5.41) is 2.79. The van der Waals surface area contributed by atoms with Gasteiger partial charge in [0.25, 0.3) is 0 Å². The van der Waals surface area contributed by atoms with Crippen LogP contribution in [0.25, 0.3) is 0 Å². The number of imide groups is 1. The van der Waals surface area contributed by atoms with Gasteiger partial charge in [-0.3, -0.25) is 19.3 Å². The summed E-state index contributed by atoms with van der Waals surface area (Å²) < 4.78 is 0. The summed E-state index contributed by atoms with van der Waals surface area (Å²) in [4.78, 5) is 39.4. The number of para-hydroxylation sites is 1. The molecule has 0 radical (unpaired) electrons. The molecule has 0 unspecified atom stereocenters. The van der Waals surface area contributed by atoms with Gasteiger partial charge in [0.05, 0.1) is 11.8 Å². The van der Waals surface area contributed by atoms with Crippen LogP contribution in [0, 0.1) is 23.7 Å². The number of anilines is 1. The van der Waals surface area contributed by atoms with E-state index in [1.54, 1.807) is 12.1 Å². The smallest absolute Gasteiger partial charge is 0.233 e. The molecule has 2 aliphatic carbocycles. The average Bonchev–Trinajstić information content (AvgIpc) is 3.20. The molecule has 132 valence electrons. The molecule has 0 spiro atoms. The molecule has 3 amide bonds. The van der Waals surface area contributed by atoms with Crippen molar-refractivity contribution in [3.8, 4) is 0 Å². The Balaban J connectivity index is 1.40. The fourth-order valence-electron chi connectivity index (χ4n) is 4.59. The van der Waals surface area contributed by atoms with Crippen LogP contribution in [-0.2, 0) is 14.4 Å². The molecule has 1 saturated heterocycles. The predicted molar refractivity (Wildman–Crippen MR) is 100 cm³/mol. The molecule has 1 aromatic rings. The first-order chi connectivity index (χ1) is 12.0. The molecule has 3 aliphatic rings. The predicted octanol–water partition coefficient (Wildman–Crippen LogP) is 2.79. The zero-order valence-corrected chi connectivity index (χ0v) is 16.6. The number of alkyl halides is 2. The number of amides is 3. The minimum absolute atomic E-state index is 0.0983. The summed E-state index contributed by atoms with van der Waals surface area (Å²) >= 11 is 7.34. The van der Waals surface area contributed by atoms with Crippen molar-refractivity contribution < 1.29 is 14.4 Å². The molecule has 3 fully saturated rings. The van der Waals surface area contributed by atoms with E-state index in [0.717, 1.165) is 6.42 Å². The first kappa shape index (κ1) is 17.2. The lowest BCUT2D eigenvalue weighted by Gasteiger charge is -2.28. The van der Waals surface area contributed by atoms with Gasteiger partial charge in [-0.05, 0) is 30.4 Å². The molecule has 25 heavy (non-hydrogen) atoms. The summed E-state index contributed by atoms with van der Waals surface area (Å²) in [5.74, 6) is -0.403. The lowest BCUT2D eigenvalue weighted by molar-refractivity contribution is -0.140. The van der Waals surface area contributed by atoms with Crippen molar-refractivity contribution in [2.45, 2.75) is 22.5 Å². The maximum absolute atomic E-state index is 12.7. The molecule has 2 saturated carbocycles. The number of benzene rings is 1. The third kappa shape index (κ3) is 2.76. The van der Waals surface area contributed by atoms with Gasteiger partial charge in [-0.25, -0.2) is 0 Å². The van der Waals surface area contributed by atoms with Crippen LogP contribution in [0.5, 0.6) is 0 Å². The third-order valence-corrected chi connectivity index (χ3v) is 8.91. The Morgan fingerprint density at radius 1 is 1.04 bits per heavy atom. The van der Waals surface area contributed by atoms with Crippen LogP contribution in [0.15, 0.2) is 30.3 Å². The van der Waals surface area contributed by atoms with Crippen molar-refractivity contribution in [1.82, 2.24) is 4.90 Å². The minimum atomic E-state index is -0.215. The van der Waals surface area contributed by atoms with E-state index < -0.39 is 0 Å². The zero-order chi connectivity index (χ0) is 17.7. The number of carbonyl (C=O) groups is 3. The number of nitrogens with one attached hydrogen (secondary N) is 1. The van der Waals surface area contributed by atoms with E-state index in [9.17, 15) is 14.4 Å². The van der Waals surface area contributed by atoms with Crippen molar-refractivity contribution in [3.63, 3.8) is 0 Å². The van der Waals surface area contributed by atoms with Crippen LogP contribution < -0.4 is 5.32 Å². The summed E-state index contributed by atoms with van der Waals surface area (Å²) in [7, 11) is 0. The average molecular weight is 470 g/mol. The standard InChI is InChI=1S/C18H18Br2N2O3/c19-15-10-8-11(16(15)20)14-13(10)17(24)22(18(14)25)7-6-12(23)21-9-4-2-1-3-5-9/h1-5,10-11,13-16H,6-8H2,(H,21,23)/t10-,11-,13-,14-,15+,16+/m1/s1. The molecular weight excluding hydrogens is 452 g/mol. The zero-order valence-electron chi connectivity index (χ0n) is 13.4. The monoisotopic (exact) mass is 468 g/mol. The summed E-state index contributed by atoms with van der Waals surface area (Å²) in [5.41, 5.74) is 0.714. The Bertz CT molecular complexity index is 694. The van der Waals surface area contributed by atoms with Crippen LogP contribution in [0.4, 0.5) is 5.69 Å². The van der Waals surface area contributed by atoms with E-state index in [1.807, 2.05) is 18.2 Å². The van der Waals surface area contributed by atoms with Crippen LogP contribution >= 0.6 is 31.9 Å². The van der Waals surface area contributed by atoms with Crippen molar-refractivity contribution in [1.29, 1.82) is 0 Å². The number of rotatable bonds is 4. The van der Waals surface area contributed by atoms with Crippen LogP contribution in [0.3, 0.4) is 0 Å². The molecule has 1 N–H and O–H groups in total. The molecule has 1 aliphatic heterocycles. The number of halogens is 2. The van der Waals surface area contributed by atoms with E-state index in [4.69, 9.17) is 0 Å². The van der Waals surface area contributed by atoms with Gasteiger partial charge in [0, 0.05) is 28.3 Å². The molecule has 5 nitrogen and oxygen atoms in total. The van der Waals surface area contributed by atoms with Gasteiger partial charge in [-0.1, -0.05) is 50.1 Å². The summed E-state index contributed by atoms with van der Waals surface area (Å²) in [6, 6.07) is 9.16. The Morgan fingerprint density at radius 3 is 2.16 bits per heavy atom. The van der Waals surface area contributed by atoms with E-state index in [1.165, 1.54) is 4.90 Å². The van der Waals surface area contributed by atoms with E-state index in [2.05, 4.69) is 37.2 Å². The highest BCUT2D eigenvalue weighted by Crippen LogP contribution is 2.60. The van der Waals surface area contributed by atoms with Crippen molar-refractivity contribution in [2.24, 2.45) is 23.7 Å². The van der Waals surface area contributed by atoms with Gasteiger partial charge in [-0.2, -0.15) is 0 Å². The van der Waals surface area contributed by atoms with Gasteiger partial charge in [0.2, 0.25) is 17.7 Å². The quantitative estimate of drug-likeness (QED) is 0.544. The van der Waals surface area contributed by atoms with Gasteiger partial charge in [-0.15, -0.1) is 0 Å². The minimum Gasteiger partial charge on any atom is -0.326 e. The van der Waals surface area contributed by atoms with E-state index in [0.29, 0.717) is 5.69 Å². The molecule has 1 aromatic carbocycles. The fraction of sp³-hybridized carbons (Fsp3) is 0.500. The SMILES string of the molecule is O=C(CCN1C(=O)[C@@H]2[C@H]3C[C@@H]([C@H](Br)[C@H]3Br)[C@H]2C1=O)Nc1ccccc1. The summed E-state index contributed by atoms with van der Waals surface area (Å²) in [6.45, 7) is 0.155. The number of carbonyl (C=O) groups excluding carboxylic acids is 3. The van der Waals surface area contributed by atoms with E-state index >= 15 is 0 Å². The van der Waals surface area contributed by atoms with Crippen LogP contribution in [0.2, 0.25) is 0 Å². The first-order valence-electron chi connectivity index (χ1n) is 8.47. The van der Waals surface area contributed by atoms with Crippen molar-refractivity contribution >= 4 is 55.3 Å². The Kier molecular flexibility index (Phi) is 4.48. The fourth-order valence-corrected chi connectivity index (χ4v) is 6.46. The Hall–Kier alpha value is -1.21. The molecule has 6 atom stereocenters. The Labute approximate surface area is 162 Å². The third-order valence-electron chi connectivity index (χ3n) is 5.70. The number of fused-ring (bicyclic) bond motifs is 5. The van der Waals surface area contributed by atoms with Gasteiger partial charge >= 0.3 is 0 Å². The normalized spacial score (nSPS) is 36.0. The first-order valence-corrected chi connectivity index (χ1v) is 10.3. The van der Waals surface area contributed by atoms with Crippen molar-refractivity contribution in [2.75, 3.05) is 11.9 Å². The van der Waals surface area contributed by atoms with Crippen LogP contribution in [-0.4, -0.2) is 38.8 Å². The molecule has 1 heterocycles.